The van der Waals surface area contributed by atoms with Crippen LogP contribution in [0.25, 0.3) is 0 Å². The topological polar surface area (TPSA) is 0 Å². The monoisotopic (exact) mass is 190 g/mol. The van der Waals surface area contributed by atoms with E-state index in [2.05, 4.69) is 26.0 Å². The van der Waals surface area contributed by atoms with E-state index in [1.54, 1.807) is 11.1 Å². The number of hydrogen-bond donors (Lipinski definition) is 0. The Labute approximate surface area is 88.1 Å². The first-order chi connectivity index (χ1) is 6.85. The fourth-order valence-corrected chi connectivity index (χ4v) is 3.10. The van der Waals surface area contributed by atoms with E-state index in [0.717, 1.165) is 11.8 Å². The van der Waals surface area contributed by atoms with Gasteiger partial charge in [-0.25, -0.2) is 0 Å². The Bertz CT molecular complexity index is 229. The normalized spacial score (nSPS) is 31.9. The van der Waals surface area contributed by atoms with Gasteiger partial charge in [0.05, 0.1) is 0 Å². The molecule has 0 amide bonds. The van der Waals surface area contributed by atoms with Crippen molar-refractivity contribution in [3.05, 3.63) is 23.3 Å². The molecule has 0 nitrogen and oxygen atoms in total. The van der Waals surface area contributed by atoms with Crippen LogP contribution < -0.4 is 0 Å². The van der Waals surface area contributed by atoms with E-state index in [0.29, 0.717) is 0 Å². The van der Waals surface area contributed by atoms with Crippen molar-refractivity contribution in [2.24, 2.45) is 11.8 Å². The van der Waals surface area contributed by atoms with Gasteiger partial charge in [-0.1, -0.05) is 37.1 Å². The lowest BCUT2D eigenvalue weighted by atomic mass is 9.89. The number of allylic oxidation sites excluding steroid dienone is 4. The van der Waals surface area contributed by atoms with Crippen LogP contribution >= 0.6 is 0 Å². The zero-order valence-electron chi connectivity index (χ0n) is 9.55. The van der Waals surface area contributed by atoms with Crippen LogP contribution in [0.2, 0.25) is 0 Å². The molecule has 2 rings (SSSR count). The second kappa shape index (κ2) is 4.33. The standard InChI is InChI=1S/C14H22/c1-3-11-5-7-14-10-9-13(11)8-6-12(14)4-2/h5-6,13-14H,3-4,7-10H2,1-2H3/t13-,14-/m0/s1. The first-order valence-corrected chi connectivity index (χ1v) is 6.23. The van der Waals surface area contributed by atoms with Crippen molar-refractivity contribution in [1.29, 1.82) is 0 Å². The molecule has 0 aliphatic heterocycles. The van der Waals surface area contributed by atoms with E-state index in [4.69, 9.17) is 0 Å². The summed E-state index contributed by atoms with van der Waals surface area (Å²) in [6, 6.07) is 0. The predicted octanol–water partition coefficient (Wildman–Crippen LogP) is 4.48. The second-order valence-electron chi connectivity index (χ2n) is 4.71. The van der Waals surface area contributed by atoms with E-state index < -0.39 is 0 Å². The van der Waals surface area contributed by atoms with Crippen LogP contribution in [-0.2, 0) is 0 Å². The molecule has 2 atom stereocenters. The molecule has 14 heavy (non-hydrogen) atoms. The molecule has 0 saturated heterocycles. The SMILES string of the molecule is CCC1=CC[C@H]2CC[C@@H]1CC=C2CC. The van der Waals surface area contributed by atoms with Crippen LogP contribution in [0.15, 0.2) is 23.3 Å². The van der Waals surface area contributed by atoms with Crippen molar-refractivity contribution < 1.29 is 0 Å². The summed E-state index contributed by atoms with van der Waals surface area (Å²) in [6.07, 6.45) is 13.1. The summed E-state index contributed by atoms with van der Waals surface area (Å²) in [5.41, 5.74) is 3.47. The maximum Gasteiger partial charge on any atom is -0.0168 e. The Balaban J connectivity index is 2.20. The summed E-state index contributed by atoms with van der Waals surface area (Å²) in [4.78, 5) is 0. The van der Waals surface area contributed by atoms with Gasteiger partial charge >= 0.3 is 0 Å². The zero-order valence-corrected chi connectivity index (χ0v) is 9.55. The molecule has 0 radical (unpaired) electrons. The molecule has 0 spiro atoms. The second-order valence-corrected chi connectivity index (χ2v) is 4.71. The fourth-order valence-electron chi connectivity index (χ4n) is 3.10. The summed E-state index contributed by atoms with van der Waals surface area (Å²) >= 11 is 0. The van der Waals surface area contributed by atoms with E-state index in [9.17, 15) is 0 Å². The van der Waals surface area contributed by atoms with Crippen molar-refractivity contribution >= 4 is 0 Å². The highest BCUT2D eigenvalue weighted by atomic mass is 14.3. The summed E-state index contributed by atoms with van der Waals surface area (Å²) in [7, 11) is 0. The number of fused-ring (bicyclic) bond motifs is 3. The molecule has 0 unspecified atom stereocenters. The lowest BCUT2D eigenvalue weighted by molar-refractivity contribution is 0.499. The highest BCUT2D eigenvalue weighted by Crippen LogP contribution is 2.39. The third-order valence-corrected chi connectivity index (χ3v) is 4.06. The molecule has 2 bridgehead atoms. The first-order valence-electron chi connectivity index (χ1n) is 6.23. The van der Waals surface area contributed by atoms with Gasteiger partial charge in [0.15, 0.2) is 0 Å². The summed E-state index contributed by atoms with van der Waals surface area (Å²) in [6.45, 7) is 4.62. The van der Waals surface area contributed by atoms with Gasteiger partial charge in [-0.05, 0) is 50.4 Å². The Hall–Kier alpha value is -0.520. The van der Waals surface area contributed by atoms with E-state index in [1.807, 2.05) is 0 Å². The Morgan fingerprint density at radius 2 is 1.36 bits per heavy atom. The van der Waals surface area contributed by atoms with Gasteiger partial charge in [0, 0.05) is 0 Å². The van der Waals surface area contributed by atoms with Crippen LogP contribution in [0.5, 0.6) is 0 Å². The molecule has 0 aromatic heterocycles. The minimum atomic E-state index is 0.883. The summed E-state index contributed by atoms with van der Waals surface area (Å²) < 4.78 is 0. The quantitative estimate of drug-likeness (QED) is 0.563. The van der Waals surface area contributed by atoms with E-state index in [1.165, 1.54) is 38.5 Å². The molecule has 0 aromatic carbocycles. The molecule has 78 valence electrons. The van der Waals surface area contributed by atoms with Gasteiger partial charge in [0.25, 0.3) is 0 Å². The maximum atomic E-state index is 2.55. The van der Waals surface area contributed by atoms with E-state index in [-0.39, 0.29) is 0 Å². The molecule has 0 aromatic rings. The Morgan fingerprint density at radius 1 is 0.929 bits per heavy atom. The molecule has 0 saturated carbocycles. The predicted molar refractivity (Wildman–Crippen MR) is 62.2 cm³/mol. The van der Waals surface area contributed by atoms with Gasteiger partial charge in [-0.2, -0.15) is 0 Å². The summed E-state index contributed by atoms with van der Waals surface area (Å²) in [5.74, 6) is 1.77. The van der Waals surface area contributed by atoms with Crippen molar-refractivity contribution in [3.8, 4) is 0 Å². The Morgan fingerprint density at radius 3 is 1.71 bits per heavy atom. The van der Waals surface area contributed by atoms with Crippen LogP contribution in [0, 0.1) is 11.8 Å². The van der Waals surface area contributed by atoms with Gasteiger partial charge in [-0.3, -0.25) is 0 Å². The lowest BCUT2D eigenvalue weighted by Gasteiger charge is -2.17. The van der Waals surface area contributed by atoms with Crippen LogP contribution in [0.4, 0.5) is 0 Å². The number of hydrogen-bond acceptors (Lipinski definition) is 0. The van der Waals surface area contributed by atoms with Crippen LogP contribution in [0.1, 0.15) is 52.4 Å². The van der Waals surface area contributed by atoms with Crippen molar-refractivity contribution in [2.75, 3.05) is 0 Å². The molecule has 0 N–H and O–H groups in total. The maximum absolute atomic E-state index is 2.55. The zero-order chi connectivity index (χ0) is 9.97. The van der Waals surface area contributed by atoms with Gasteiger partial charge in [-0.15, -0.1) is 0 Å². The molecular formula is C14H22. The minimum absolute atomic E-state index is 0.883. The van der Waals surface area contributed by atoms with Crippen molar-refractivity contribution in [3.63, 3.8) is 0 Å². The third kappa shape index (κ3) is 1.80. The molecular weight excluding hydrogens is 168 g/mol. The summed E-state index contributed by atoms with van der Waals surface area (Å²) in [5, 5.41) is 0. The highest BCUT2D eigenvalue weighted by molar-refractivity contribution is 5.20. The first kappa shape index (κ1) is 10.0. The van der Waals surface area contributed by atoms with Gasteiger partial charge in [0.1, 0.15) is 0 Å². The van der Waals surface area contributed by atoms with E-state index >= 15 is 0 Å². The molecule has 0 fully saturated rings. The van der Waals surface area contributed by atoms with Gasteiger partial charge in [0.2, 0.25) is 0 Å². The third-order valence-electron chi connectivity index (χ3n) is 4.06. The molecule has 0 heterocycles. The Kier molecular flexibility index (Phi) is 3.10. The van der Waals surface area contributed by atoms with Crippen molar-refractivity contribution in [1.82, 2.24) is 0 Å². The van der Waals surface area contributed by atoms with Gasteiger partial charge < -0.3 is 0 Å². The average Bonchev–Trinajstić information content (AvgIpc) is 2.50. The fraction of sp³-hybridized carbons (Fsp3) is 0.714. The average molecular weight is 190 g/mol. The van der Waals surface area contributed by atoms with Crippen molar-refractivity contribution in [2.45, 2.75) is 52.4 Å². The highest BCUT2D eigenvalue weighted by Gasteiger charge is 2.24. The molecule has 2 aliphatic carbocycles. The minimum Gasteiger partial charge on any atom is -0.0845 e. The van der Waals surface area contributed by atoms with Crippen LogP contribution in [-0.4, -0.2) is 0 Å². The smallest absolute Gasteiger partial charge is 0.0168 e. The molecule has 0 heteroatoms. The lowest BCUT2D eigenvalue weighted by Crippen LogP contribution is -2.01. The largest absolute Gasteiger partial charge is 0.0845 e. The van der Waals surface area contributed by atoms with Crippen LogP contribution in [0.3, 0.4) is 0 Å². The number of rotatable bonds is 2. The molecule has 2 aliphatic rings.